The van der Waals surface area contributed by atoms with Gasteiger partial charge in [-0.3, -0.25) is 4.79 Å². The van der Waals surface area contributed by atoms with Gasteiger partial charge in [0.25, 0.3) is 5.91 Å². The van der Waals surface area contributed by atoms with Crippen molar-refractivity contribution in [1.29, 1.82) is 0 Å². The molecule has 0 radical (unpaired) electrons. The number of hydrogen-bond donors (Lipinski definition) is 2. The van der Waals surface area contributed by atoms with E-state index in [2.05, 4.69) is 10.9 Å². The van der Waals surface area contributed by atoms with E-state index in [9.17, 15) is 13.2 Å². The molecule has 0 saturated heterocycles. The number of halogens is 1. The number of aliphatic imine (C=N–C) groups is 1. The highest BCUT2D eigenvalue weighted by atomic mass is 35.5. The molecule has 4 N–H and O–H groups in total. The highest BCUT2D eigenvalue weighted by Gasteiger charge is 2.24. The van der Waals surface area contributed by atoms with Gasteiger partial charge in [-0.1, -0.05) is 35.7 Å². The van der Waals surface area contributed by atoms with Crippen molar-refractivity contribution in [3.8, 4) is 23.5 Å². The van der Waals surface area contributed by atoms with E-state index < -0.39 is 21.7 Å². The minimum atomic E-state index is -3.76. The fraction of sp³-hybridized carbons (Fsp3) is 0.0588. The van der Waals surface area contributed by atoms with Gasteiger partial charge in [0, 0.05) is 16.8 Å². The summed E-state index contributed by atoms with van der Waals surface area (Å²) in [5.41, 5.74) is 11.2. The van der Waals surface area contributed by atoms with E-state index in [4.69, 9.17) is 29.5 Å². The second-order valence-electron chi connectivity index (χ2n) is 5.13. The van der Waals surface area contributed by atoms with E-state index in [0.717, 1.165) is 6.26 Å². The Morgan fingerprint density at radius 1 is 1.16 bits per heavy atom. The van der Waals surface area contributed by atoms with Crippen LogP contribution in [0.4, 0.5) is 0 Å². The minimum Gasteiger partial charge on any atom is -0.370 e. The van der Waals surface area contributed by atoms with Gasteiger partial charge >= 0.3 is 0 Å². The Morgan fingerprint density at radius 3 is 2.24 bits per heavy atom. The van der Waals surface area contributed by atoms with Crippen molar-refractivity contribution < 1.29 is 13.2 Å². The number of benzene rings is 2. The lowest BCUT2D eigenvalue weighted by Gasteiger charge is -2.13. The Balaban J connectivity index is 2.85. The Bertz CT molecular complexity index is 1020. The number of terminal acetylenes is 1. The molecule has 0 aliphatic heterocycles. The predicted octanol–water partition coefficient (Wildman–Crippen LogP) is 1.81. The van der Waals surface area contributed by atoms with E-state index in [1.54, 1.807) is 24.3 Å². The van der Waals surface area contributed by atoms with Crippen molar-refractivity contribution in [3.63, 3.8) is 0 Å². The average Bonchev–Trinajstić information content (AvgIpc) is 2.52. The molecule has 2 rings (SSSR count). The van der Waals surface area contributed by atoms with Gasteiger partial charge in [-0.15, -0.1) is 6.42 Å². The number of guanidine groups is 1. The van der Waals surface area contributed by atoms with Crippen molar-refractivity contribution in [2.75, 3.05) is 6.26 Å². The zero-order chi connectivity index (χ0) is 18.8. The first-order chi connectivity index (χ1) is 11.6. The van der Waals surface area contributed by atoms with E-state index in [-0.39, 0.29) is 16.0 Å². The molecule has 0 bridgehead atoms. The summed E-state index contributed by atoms with van der Waals surface area (Å²) in [5, 5.41) is 0.501. The molecule has 128 valence electrons. The fourth-order valence-corrected chi connectivity index (χ4v) is 3.57. The van der Waals surface area contributed by atoms with Crippen molar-refractivity contribution in [2.45, 2.75) is 4.90 Å². The maximum atomic E-state index is 12.4. The molecule has 2 aromatic carbocycles. The van der Waals surface area contributed by atoms with Gasteiger partial charge in [-0.05, 0) is 23.8 Å². The summed E-state index contributed by atoms with van der Waals surface area (Å²) in [7, 11) is -3.76. The third kappa shape index (κ3) is 3.99. The zero-order valence-corrected chi connectivity index (χ0v) is 14.7. The third-order valence-electron chi connectivity index (χ3n) is 3.29. The topological polar surface area (TPSA) is 116 Å². The maximum absolute atomic E-state index is 12.4. The first-order valence-electron chi connectivity index (χ1n) is 6.88. The first kappa shape index (κ1) is 18.5. The van der Waals surface area contributed by atoms with E-state index in [0.29, 0.717) is 16.1 Å². The van der Waals surface area contributed by atoms with Gasteiger partial charge in [0.1, 0.15) is 0 Å². The van der Waals surface area contributed by atoms with Crippen molar-refractivity contribution in [2.24, 2.45) is 16.5 Å². The van der Waals surface area contributed by atoms with Gasteiger partial charge in [0.15, 0.2) is 15.8 Å². The van der Waals surface area contributed by atoms with E-state index in [1.807, 2.05) is 0 Å². The number of sulfone groups is 1. The molecule has 0 saturated carbocycles. The maximum Gasteiger partial charge on any atom is 0.281 e. The monoisotopic (exact) mass is 375 g/mol. The van der Waals surface area contributed by atoms with Gasteiger partial charge in [0.2, 0.25) is 0 Å². The second-order valence-corrected chi connectivity index (χ2v) is 7.52. The Hall–Kier alpha value is -2.82. The van der Waals surface area contributed by atoms with Crippen LogP contribution < -0.4 is 11.5 Å². The second kappa shape index (κ2) is 6.97. The standard InChI is InChI=1S/C17H14ClN3O3S/c1-3-12-14(16(22)21-17(19)20)9-8-13(15(12)25(2,23)24)10-4-6-11(18)7-5-10/h1,4-9H,2H3,(H4,19,20,21,22). The minimum absolute atomic E-state index is 0.0750. The average molecular weight is 376 g/mol. The van der Waals surface area contributed by atoms with Crippen LogP contribution in [0.25, 0.3) is 11.1 Å². The molecule has 0 aromatic heterocycles. The SMILES string of the molecule is C#Cc1c(C(=O)N=C(N)N)ccc(-c2ccc(Cl)cc2)c1S(C)(=O)=O. The van der Waals surface area contributed by atoms with Crippen molar-refractivity contribution in [3.05, 3.63) is 52.5 Å². The number of nitrogens with zero attached hydrogens (tertiary/aromatic N) is 1. The van der Waals surface area contributed by atoms with Crippen LogP contribution in [0.2, 0.25) is 5.02 Å². The predicted molar refractivity (Wildman–Crippen MR) is 98.1 cm³/mol. The molecule has 0 aliphatic rings. The van der Waals surface area contributed by atoms with E-state index >= 15 is 0 Å². The fourth-order valence-electron chi connectivity index (χ4n) is 2.32. The van der Waals surface area contributed by atoms with Crippen LogP contribution in [-0.2, 0) is 9.84 Å². The lowest BCUT2D eigenvalue weighted by Crippen LogP contribution is -2.24. The van der Waals surface area contributed by atoms with Gasteiger partial charge in [0.05, 0.1) is 16.0 Å². The van der Waals surface area contributed by atoms with Crippen LogP contribution in [0, 0.1) is 12.3 Å². The molecule has 25 heavy (non-hydrogen) atoms. The summed E-state index contributed by atoms with van der Waals surface area (Å²) >= 11 is 5.87. The van der Waals surface area contributed by atoms with Gasteiger partial charge in [-0.25, -0.2) is 8.42 Å². The van der Waals surface area contributed by atoms with Crippen LogP contribution in [-0.4, -0.2) is 26.5 Å². The first-order valence-corrected chi connectivity index (χ1v) is 9.15. The summed E-state index contributed by atoms with van der Waals surface area (Å²) in [6.07, 6.45) is 6.50. The number of carbonyl (C=O) groups is 1. The Kier molecular flexibility index (Phi) is 5.16. The van der Waals surface area contributed by atoms with Crippen LogP contribution >= 0.6 is 11.6 Å². The number of amides is 1. The summed E-state index contributed by atoms with van der Waals surface area (Å²) in [6.45, 7) is 0. The molecule has 8 heteroatoms. The molecule has 2 aromatic rings. The molecule has 0 heterocycles. The molecule has 0 aliphatic carbocycles. The van der Waals surface area contributed by atoms with E-state index in [1.165, 1.54) is 12.1 Å². The molecular formula is C17H14ClN3O3S. The van der Waals surface area contributed by atoms with Crippen molar-refractivity contribution in [1.82, 2.24) is 0 Å². The molecule has 1 amide bonds. The Morgan fingerprint density at radius 2 is 1.76 bits per heavy atom. The third-order valence-corrected chi connectivity index (χ3v) is 4.71. The lowest BCUT2D eigenvalue weighted by atomic mass is 9.98. The van der Waals surface area contributed by atoms with Crippen LogP contribution in [0.1, 0.15) is 15.9 Å². The number of rotatable bonds is 3. The van der Waals surface area contributed by atoms with Crippen molar-refractivity contribution >= 4 is 33.3 Å². The molecule has 0 spiro atoms. The van der Waals surface area contributed by atoms with Gasteiger partial charge < -0.3 is 11.5 Å². The smallest absolute Gasteiger partial charge is 0.281 e. The van der Waals surface area contributed by atoms with Crippen LogP contribution in [0.5, 0.6) is 0 Å². The molecular weight excluding hydrogens is 362 g/mol. The molecule has 0 atom stereocenters. The number of hydrogen-bond acceptors (Lipinski definition) is 3. The zero-order valence-electron chi connectivity index (χ0n) is 13.2. The molecule has 0 unspecified atom stereocenters. The number of nitrogens with two attached hydrogens (primary N) is 2. The van der Waals surface area contributed by atoms with Crippen LogP contribution in [0.15, 0.2) is 46.3 Å². The highest BCUT2D eigenvalue weighted by molar-refractivity contribution is 7.91. The lowest BCUT2D eigenvalue weighted by molar-refractivity contribution is 0.100. The molecule has 0 fully saturated rings. The summed E-state index contributed by atoms with van der Waals surface area (Å²) in [5.74, 6) is 1.00. The number of carbonyl (C=O) groups excluding carboxylic acids is 1. The van der Waals surface area contributed by atoms with Crippen LogP contribution in [0.3, 0.4) is 0 Å². The summed E-state index contributed by atoms with van der Waals surface area (Å²) in [6, 6.07) is 9.43. The normalized spacial score (nSPS) is 10.8. The van der Waals surface area contributed by atoms with Gasteiger partial charge in [-0.2, -0.15) is 4.99 Å². The summed E-state index contributed by atoms with van der Waals surface area (Å²) in [4.78, 5) is 15.4. The Labute approximate surface area is 150 Å². The highest BCUT2D eigenvalue weighted by Crippen LogP contribution is 2.33. The molecule has 6 nitrogen and oxygen atoms in total. The largest absolute Gasteiger partial charge is 0.370 e. The quantitative estimate of drug-likeness (QED) is 0.482. The summed E-state index contributed by atoms with van der Waals surface area (Å²) < 4.78 is 24.7.